The smallest absolute Gasteiger partial charge is 0.249 e. The molecule has 1 amide bonds. The van der Waals surface area contributed by atoms with Gasteiger partial charge in [0, 0.05) is 5.56 Å². The lowest BCUT2D eigenvalue weighted by atomic mass is 10.1. The highest BCUT2D eigenvalue weighted by Crippen LogP contribution is 2.10. The molecule has 6 nitrogen and oxygen atoms in total. The lowest BCUT2D eigenvalue weighted by Gasteiger charge is -2.05. The lowest BCUT2D eigenvalue weighted by molar-refractivity contribution is 0.0999. The molecule has 22 heavy (non-hydrogen) atoms. The first-order valence-electron chi connectivity index (χ1n) is 7.26. The minimum Gasteiger partial charge on any atom is -0.366 e. The van der Waals surface area contributed by atoms with Gasteiger partial charge in [0.15, 0.2) is 0 Å². The molecule has 0 aliphatic heterocycles. The number of nitrogens with zero attached hydrogens (tertiary/aromatic N) is 4. The van der Waals surface area contributed by atoms with Gasteiger partial charge in [-0.3, -0.25) is 9.79 Å². The molecule has 0 bridgehead atoms. The molecule has 116 valence electrons. The summed E-state index contributed by atoms with van der Waals surface area (Å²) in [6, 6.07) is 7.17. The highest BCUT2D eigenvalue weighted by Gasteiger charge is 2.08. The number of aliphatic imine (C=N–C) groups is 1. The molecule has 0 radical (unpaired) electrons. The number of rotatable bonds is 5. The van der Waals surface area contributed by atoms with Crippen molar-refractivity contribution in [2.24, 2.45) is 10.7 Å². The molecule has 0 aliphatic carbocycles. The molecule has 0 unspecified atom stereocenters. The van der Waals surface area contributed by atoms with Gasteiger partial charge < -0.3 is 5.73 Å². The molecule has 1 aromatic carbocycles. The summed E-state index contributed by atoms with van der Waals surface area (Å²) in [5.74, 6) is -0.449. The Morgan fingerprint density at radius 2 is 2.00 bits per heavy atom. The van der Waals surface area contributed by atoms with Crippen LogP contribution in [0.1, 0.15) is 48.8 Å². The van der Waals surface area contributed by atoms with E-state index in [0.717, 1.165) is 11.3 Å². The molecule has 0 fully saturated rings. The Morgan fingerprint density at radius 3 is 2.59 bits per heavy atom. The van der Waals surface area contributed by atoms with E-state index in [-0.39, 0.29) is 0 Å². The van der Waals surface area contributed by atoms with Crippen molar-refractivity contribution >= 4 is 11.6 Å². The summed E-state index contributed by atoms with van der Waals surface area (Å²) >= 11 is 0. The SMILES string of the molecule is CC.CCC(=NCc1ccccc1C(N)=O)c1cncnn1. The van der Waals surface area contributed by atoms with Crippen LogP contribution in [-0.2, 0) is 6.54 Å². The van der Waals surface area contributed by atoms with E-state index in [2.05, 4.69) is 20.2 Å². The number of hydrogen-bond donors (Lipinski definition) is 1. The van der Waals surface area contributed by atoms with Crippen molar-refractivity contribution in [3.05, 3.63) is 53.6 Å². The van der Waals surface area contributed by atoms with Crippen LogP contribution in [0.25, 0.3) is 0 Å². The monoisotopic (exact) mass is 299 g/mol. The lowest BCUT2D eigenvalue weighted by Crippen LogP contribution is -2.13. The molecule has 6 heteroatoms. The van der Waals surface area contributed by atoms with E-state index in [9.17, 15) is 4.79 Å². The van der Waals surface area contributed by atoms with Gasteiger partial charge in [-0.1, -0.05) is 39.0 Å². The molecule has 2 rings (SSSR count). The topological polar surface area (TPSA) is 94.1 Å². The standard InChI is InChI=1S/C14H15N5O.C2H6/c1-2-12(13-8-16-9-18-19-13)17-7-10-5-3-4-6-11(10)14(15)20;1-2/h3-6,8-9H,2,7H2,1H3,(H2,15,20);1-2H3. The largest absolute Gasteiger partial charge is 0.366 e. The van der Waals surface area contributed by atoms with Crippen molar-refractivity contribution in [3.63, 3.8) is 0 Å². The fourth-order valence-corrected chi connectivity index (χ4v) is 1.83. The first-order chi connectivity index (χ1) is 10.7. The molecule has 1 aromatic heterocycles. The molecule has 0 spiro atoms. The number of primary amides is 1. The van der Waals surface area contributed by atoms with Crippen molar-refractivity contribution in [3.8, 4) is 0 Å². The van der Waals surface area contributed by atoms with Crippen molar-refractivity contribution < 1.29 is 4.79 Å². The summed E-state index contributed by atoms with van der Waals surface area (Å²) in [6.45, 7) is 6.35. The molecule has 1 heterocycles. The first-order valence-corrected chi connectivity index (χ1v) is 7.26. The average molecular weight is 299 g/mol. The first kappa shape index (κ1) is 17.4. The maximum Gasteiger partial charge on any atom is 0.249 e. The third-order valence-corrected chi connectivity index (χ3v) is 2.83. The Labute approximate surface area is 130 Å². The van der Waals surface area contributed by atoms with E-state index in [4.69, 9.17) is 5.73 Å². The van der Waals surface area contributed by atoms with Gasteiger partial charge in [0.05, 0.1) is 18.5 Å². The summed E-state index contributed by atoms with van der Waals surface area (Å²) in [7, 11) is 0. The van der Waals surface area contributed by atoms with Crippen molar-refractivity contribution in [1.29, 1.82) is 0 Å². The third-order valence-electron chi connectivity index (χ3n) is 2.83. The number of carbonyl (C=O) groups is 1. The number of nitrogens with two attached hydrogens (primary N) is 1. The van der Waals surface area contributed by atoms with E-state index in [1.807, 2.05) is 32.9 Å². The minimum absolute atomic E-state index is 0.374. The Balaban J connectivity index is 0.00000116. The Morgan fingerprint density at radius 1 is 1.27 bits per heavy atom. The maximum atomic E-state index is 11.3. The summed E-state index contributed by atoms with van der Waals surface area (Å²) in [4.78, 5) is 19.8. The van der Waals surface area contributed by atoms with Crippen LogP contribution < -0.4 is 5.73 Å². The fraction of sp³-hybridized carbons (Fsp3) is 0.312. The number of amides is 1. The molecule has 2 N–H and O–H groups in total. The van der Waals surface area contributed by atoms with Crippen LogP contribution >= 0.6 is 0 Å². The molecule has 0 saturated carbocycles. The van der Waals surface area contributed by atoms with Gasteiger partial charge >= 0.3 is 0 Å². The highest BCUT2D eigenvalue weighted by atomic mass is 16.1. The van der Waals surface area contributed by atoms with Crippen LogP contribution in [0.4, 0.5) is 0 Å². The predicted molar refractivity (Wildman–Crippen MR) is 86.7 cm³/mol. The van der Waals surface area contributed by atoms with Crippen LogP contribution in [0, 0.1) is 0 Å². The number of aromatic nitrogens is 3. The van der Waals surface area contributed by atoms with Crippen molar-refractivity contribution in [2.75, 3.05) is 0 Å². The molecular formula is C16H21N5O. The minimum atomic E-state index is -0.449. The highest BCUT2D eigenvalue weighted by molar-refractivity contribution is 5.98. The molecule has 0 atom stereocenters. The van der Waals surface area contributed by atoms with E-state index in [1.165, 1.54) is 6.33 Å². The quantitative estimate of drug-likeness (QED) is 0.858. The van der Waals surface area contributed by atoms with Gasteiger partial charge in [-0.15, -0.1) is 10.2 Å². The summed E-state index contributed by atoms with van der Waals surface area (Å²) < 4.78 is 0. The second kappa shape index (κ2) is 9.33. The van der Waals surface area contributed by atoms with Crippen molar-refractivity contribution in [1.82, 2.24) is 15.2 Å². The van der Waals surface area contributed by atoms with E-state index in [1.54, 1.807) is 18.3 Å². The molecular weight excluding hydrogens is 278 g/mol. The van der Waals surface area contributed by atoms with E-state index < -0.39 is 5.91 Å². The van der Waals surface area contributed by atoms with Crippen molar-refractivity contribution in [2.45, 2.75) is 33.7 Å². The summed E-state index contributed by atoms with van der Waals surface area (Å²) in [5, 5.41) is 7.72. The van der Waals surface area contributed by atoms with Crippen LogP contribution in [0.3, 0.4) is 0 Å². The van der Waals surface area contributed by atoms with E-state index in [0.29, 0.717) is 24.2 Å². The van der Waals surface area contributed by atoms with Crippen LogP contribution in [0.15, 0.2) is 41.8 Å². The van der Waals surface area contributed by atoms with Gasteiger partial charge in [0.1, 0.15) is 12.0 Å². The van der Waals surface area contributed by atoms with Crippen LogP contribution in [-0.4, -0.2) is 26.8 Å². The van der Waals surface area contributed by atoms with Crippen LogP contribution in [0.5, 0.6) is 0 Å². The normalized spacial score (nSPS) is 10.6. The number of hydrogen-bond acceptors (Lipinski definition) is 5. The van der Waals surface area contributed by atoms with Gasteiger partial charge in [-0.05, 0) is 18.1 Å². The zero-order chi connectivity index (χ0) is 16.4. The average Bonchev–Trinajstić information content (AvgIpc) is 2.58. The zero-order valence-electron chi connectivity index (χ0n) is 13.2. The maximum absolute atomic E-state index is 11.3. The number of benzene rings is 1. The molecule has 0 saturated heterocycles. The predicted octanol–water partition coefficient (Wildman–Crippen LogP) is 2.40. The fourth-order valence-electron chi connectivity index (χ4n) is 1.83. The Kier molecular flexibility index (Phi) is 7.39. The van der Waals surface area contributed by atoms with Gasteiger partial charge in [-0.2, -0.15) is 0 Å². The Hall–Kier alpha value is -2.63. The van der Waals surface area contributed by atoms with E-state index >= 15 is 0 Å². The molecule has 0 aliphatic rings. The molecule has 2 aromatic rings. The number of carbonyl (C=O) groups excluding carboxylic acids is 1. The summed E-state index contributed by atoms with van der Waals surface area (Å²) in [6.07, 6.45) is 3.70. The van der Waals surface area contributed by atoms with Gasteiger partial charge in [0.25, 0.3) is 0 Å². The second-order valence-corrected chi connectivity index (χ2v) is 4.13. The zero-order valence-corrected chi connectivity index (χ0v) is 13.2. The third kappa shape index (κ3) is 4.73. The second-order valence-electron chi connectivity index (χ2n) is 4.13. The van der Waals surface area contributed by atoms with Gasteiger partial charge in [0.2, 0.25) is 5.91 Å². The Bertz CT molecular complexity index is 625. The van der Waals surface area contributed by atoms with Gasteiger partial charge in [-0.25, -0.2) is 4.98 Å². The summed E-state index contributed by atoms with van der Waals surface area (Å²) in [5.41, 5.74) is 8.07. The van der Waals surface area contributed by atoms with Crippen LogP contribution in [0.2, 0.25) is 0 Å².